The van der Waals surface area contributed by atoms with Crippen molar-refractivity contribution < 1.29 is 4.79 Å². The number of aryl methyl sites for hydroxylation is 1. The van der Waals surface area contributed by atoms with Crippen LogP contribution in [0, 0.1) is 18.3 Å². The van der Waals surface area contributed by atoms with Gasteiger partial charge in [0.1, 0.15) is 10.9 Å². The summed E-state index contributed by atoms with van der Waals surface area (Å²) in [5.74, 6) is 0.694. The maximum atomic E-state index is 12.3. The smallest absolute Gasteiger partial charge is 0.235 e. The number of rotatable bonds is 5. The number of nitriles is 1. The van der Waals surface area contributed by atoms with Crippen molar-refractivity contribution in [2.45, 2.75) is 30.5 Å². The van der Waals surface area contributed by atoms with Crippen LogP contribution in [0.5, 0.6) is 0 Å². The first kappa shape index (κ1) is 16.2. The van der Waals surface area contributed by atoms with Crippen molar-refractivity contribution in [1.29, 1.82) is 5.26 Å². The molecule has 0 aliphatic rings. The molecule has 5 nitrogen and oxygen atoms in total. The molecule has 0 N–H and O–H groups in total. The van der Waals surface area contributed by atoms with Crippen LogP contribution in [-0.2, 0) is 4.79 Å². The van der Waals surface area contributed by atoms with Crippen LogP contribution in [0.2, 0.25) is 0 Å². The lowest BCUT2D eigenvalue weighted by atomic mass is 10.2. The van der Waals surface area contributed by atoms with Gasteiger partial charge in [0.05, 0.1) is 23.3 Å². The predicted molar refractivity (Wildman–Crippen MR) is 87.5 cm³/mol. The summed E-state index contributed by atoms with van der Waals surface area (Å²) < 4.78 is 0. The summed E-state index contributed by atoms with van der Waals surface area (Å²) in [7, 11) is 1.72. The van der Waals surface area contributed by atoms with E-state index in [1.54, 1.807) is 11.9 Å². The van der Waals surface area contributed by atoms with Crippen molar-refractivity contribution in [1.82, 2.24) is 14.9 Å². The molecule has 6 heteroatoms. The first-order valence-electron chi connectivity index (χ1n) is 7.05. The highest BCUT2D eigenvalue weighted by Gasteiger charge is 2.20. The molecule has 0 bridgehead atoms. The van der Waals surface area contributed by atoms with Crippen LogP contribution in [0.15, 0.2) is 29.3 Å². The number of carbonyl (C=O) groups is 1. The summed E-state index contributed by atoms with van der Waals surface area (Å²) in [4.78, 5) is 22.8. The van der Waals surface area contributed by atoms with E-state index in [0.29, 0.717) is 18.8 Å². The second kappa shape index (κ2) is 7.23. The first-order chi connectivity index (χ1) is 10.5. The van der Waals surface area contributed by atoms with Crippen molar-refractivity contribution in [2.24, 2.45) is 0 Å². The Labute approximate surface area is 134 Å². The summed E-state index contributed by atoms with van der Waals surface area (Å²) in [6.07, 6.45) is 0.342. The number of hydrogen-bond donors (Lipinski definition) is 0. The molecular weight excluding hydrogens is 296 g/mol. The van der Waals surface area contributed by atoms with Gasteiger partial charge in [-0.15, -0.1) is 0 Å². The van der Waals surface area contributed by atoms with Crippen molar-refractivity contribution in [2.75, 3.05) is 13.6 Å². The largest absolute Gasteiger partial charge is 0.344 e. The fourth-order valence-electron chi connectivity index (χ4n) is 2.10. The van der Waals surface area contributed by atoms with E-state index in [1.165, 1.54) is 11.8 Å². The number of amides is 1. The van der Waals surface area contributed by atoms with Gasteiger partial charge in [-0.3, -0.25) is 4.79 Å². The Hall–Kier alpha value is -2.13. The second-order valence-electron chi connectivity index (χ2n) is 5.02. The Morgan fingerprint density at radius 1 is 1.41 bits per heavy atom. The Morgan fingerprint density at radius 2 is 2.14 bits per heavy atom. The second-order valence-corrected chi connectivity index (χ2v) is 6.35. The number of para-hydroxylation sites is 1. The molecule has 2 aromatic rings. The summed E-state index contributed by atoms with van der Waals surface area (Å²) >= 11 is 1.43. The van der Waals surface area contributed by atoms with Crippen LogP contribution >= 0.6 is 11.8 Å². The summed E-state index contributed by atoms with van der Waals surface area (Å²) in [6, 6.07) is 9.84. The van der Waals surface area contributed by atoms with Gasteiger partial charge in [0.2, 0.25) is 5.91 Å². The Morgan fingerprint density at radius 3 is 2.86 bits per heavy atom. The molecule has 1 aromatic carbocycles. The van der Waals surface area contributed by atoms with Crippen molar-refractivity contribution in [3.8, 4) is 6.07 Å². The molecule has 1 heterocycles. The van der Waals surface area contributed by atoms with Gasteiger partial charge in [0.15, 0.2) is 0 Å². The van der Waals surface area contributed by atoms with E-state index in [9.17, 15) is 4.79 Å². The topological polar surface area (TPSA) is 69.9 Å². The molecular formula is C16H18N4OS. The molecule has 1 amide bonds. The van der Waals surface area contributed by atoms with E-state index in [0.717, 1.165) is 15.9 Å². The molecule has 0 fully saturated rings. The quantitative estimate of drug-likeness (QED) is 0.627. The van der Waals surface area contributed by atoms with E-state index in [4.69, 9.17) is 5.26 Å². The highest BCUT2D eigenvalue weighted by molar-refractivity contribution is 8.00. The highest BCUT2D eigenvalue weighted by atomic mass is 32.2. The number of thioether (sulfide) groups is 1. The number of carbonyl (C=O) groups excluding carboxylic acids is 1. The molecule has 0 spiro atoms. The fraction of sp³-hybridized carbons (Fsp3) is 0.375. The van der Waals surface area contributed by atoms with Crippen LogP contribution in [0.1, 0.15) is 19.2 Å². The predicted octanol–water partition coefficient (Wildman–Crippen LogP) is 2.79. The Balaban J connectivity index is 2.20. The average molecular weight is 314 g/mol. The molecule has 0 unspecified atom stereocenters. The molecule has 1 aromatic heterocycles. The fourth-order valence-corrected chi connectivity index (χ4v) is 3.20. The van der Waals surface area contributed by atoms with Gasteiger partial charge in [-0.1, -0.05) is 30.0 Å². The SMILES string of the molecule is Cc1nc(S[C@@H](C)C(=O)N(C)CCC#N)c2ccccc2n1. The number of benzene rings is 1. The van der Waals surface area contributed by atoms with Crippen LogP contribution in [-0.4, -0.2) is 39.6 Å². The third-order valence-electron chi connectivity index (χ3n) is 3.25. The lowest BCUT2D eigenvalue weighted by Gasteiger charge is -2.20. The van der Waals surface area contributed by atoms with Crippen LogP contribution in [0.25, 0.3) is 10.9 Å². The molecule has 114 valence electrons. The molecule has 22 heavy (non-hydrogen) atoms. The Bertz CT molecular complexity index is 726. The van der Waals surface area contributed by atoms with Crippen LogP contribution in [0.3, 0.4) is 0 Å². The Kier molecular flexibility index (Phi) is 5.34. The molecule has 0 aliphatic carbocycles. The average Bonchev–Trinajstić information content (AvgIpc) is 2.51. The van der Waals surface area contributed by atoms with Crippen LogP contribution in [0.4, 0.5) is 0 Å². The summed E-state index contributed by atoms with van der Waals surface area (Å²) in [5, 5.41) is 10.1. The number of nitrogens with zero attached hydrogens (tertiary/aromatic N) is 4. The zero-order valence-corrected chi connectivity index (χ0v) is 13.7. The van der Waals surface area contributed by atoms with E-state index in [2.05, 4.69) is 16.0 Å². The van der Waals surface area contributed by atoms with Crippen molar-refractivity contribution in [3.63, 3.8) is 0 Å². The monoisotopic (exact) mass is 314 g/mol. The molecule has 0 saturated carbocycles. The summed E-state index contributed by atoms with van der Waals surface area (Å²) in [6.45, 7) is 4.16. The number of hydrogen-bond acceptors (Lipinski definition) is 5. The van der Waals surface area contributed by atoms with Crippen LogP contribution < -0.4 is 0 Å². The minimum Gasteiger partial charge on any atom is -0.344 e. The zero-order chi connectivity index (χ0) is 16.1. The van der Waals surface area contributed by atoms with E-state index >= 15 is 0 Å². The molecule has 0 radical (unpaired) electrons. The van der Waals surface area contributed by atoms with E-state index < -0.39 is 0 Å². The third-order valence-corrected chi connectivity index (χ3v) is 4.34. The van der Waals surface area contributed by atoms with Gasteiger partial charge in [-0.25, -0.2) is 9.97 Å². The number of fused-ring (bicyclic) bond motifs is 1. The van der Waals surface area contributed by atoms with Crippen molar-refractivity contribution in [3.05, 3.63) is 30.1 Å². The summed E-state index contributed by atoms with van der Waals surface area (Å²) in [5.41, 5.74) is 0.884. The van der Waals surface area contributed by atoms with E-state index in [-0.39, 0.29) is 11.2 Å². The third kappa shape index (κ3) is 3.74. The van der Waals surface area contributed by atoms with Gasteiger partial charge < -0.3 is 4.90 Å². The van der Waals surface area contributed by atoms with Gasteiger partial charge >= 0.3 is 0 Å². The van der Waals surface area contributed by atoms with Gasteiger partial charge in [0.25, 0.3) is 0 Å². The van der Waals surface area contributed by atoms with Crippen molar-refractivity contribution >= 4 is 28.6 Å². The van der Waals surface area contributed by atoms with Gasteiger partial charge in [0, 0.05) is 19.0 Å². The molecule has 0 saturated heterocycles. The molecule has 2 rings (SSSR count). The zero-order valence-electron chi connectivity index (χ0n) is 12.9. The van der Waals surface area contributed by atoms with Gasteiger partial charge in [-0.2, -0.15) is 5.26 Å². The molecule has 0 aliphatic heterocycles. The lowest BCUT2D eigenvalue weighted by Crippen LogP contribution is -2.33. The maximum absolute atomic E-state index is 12.3. The maximum Gasteiger partial charge on any atom is 0.235 e. The number of aromatic nitrogens is 2. The van der Waals surface area contributed by atoms with E-state index in [1.807, 2.05) is 38.1 Å². The first-order valence-corrected chi connectivity index (χ1v) is 7.93. The lowest BCUT2D eigenvalue weighted by molar-refractivity contribution is -0.128. The van der Waals surface area contributed by atoms with Gasteiger partial charge in [-0.05, 0) is 19.9 Å². The standard InChI is InChI=1S/C16H18N4OS/c1-11(16(21)20(3)10-6-9-17)22-15-13-7-4-5-8-14(13)18-12(2)19-15/h4-5,7-8,11H,6,10H2,1-3H3/t11-/m0/s1. The highest BCUT2D eigenvalue weighted by Crippen LogP contribution is 2.29. The molecule has 1 atom stereocenters. The minimum atomic E-state index is -0.263. The minimum absolute atomic E-state index is 0.000552. The normalized spacial score (nSPS) is 11.9.